The lowest BCUT2D eigenvalue weighted by atomic mass is 9.97. The van der Waals surface area contributed by atoms with Crippen LogP contribution >= 0.6 is 12.6 Å². The second-order valence-electron chi connectivity index (χ2n) is 7.91. The standard InChI is InChI=1S/C20H38N6O6S/c1-3-11(2)16(19(30)25-14(10-33)20(31)32)26-18(29)13(6-4-5-9-21)24-17(28)12(22)7-8-15(23)27/h11-14,16,33H,3-10,21-22H2,1-2H3,(H2,23,27)(H,24,28)(H,25,30)(H,26,29)(H,31,32). The molecule has 4 amide bonds. The van der Waals surface area contributed by atoms with E-state index in [0.29, 0.717) is 25.8 Å². The topological polar surface area (TPSA) is 220 Å². The third-order valence-electron chi connectivity index (χ3n) is 5.21. The summed E-state index contributed by atoms with van der Waals surface area (Å²) in [5.41, 5.74) is 16.4. The fourth-order valence-corrected chi connectivity index (χ4v) is 3.12. The summed E-state index contributed by atoms with van der Waals surface area (Å²) in [6.07, 6.45) is 1.87. The van der Waals surface area contributed by atoms with Crippen molar-refractivity contribution in [2.75, 3.05) is 12.3 Å². The third-order valence-corrected chi connectivity index (χ3v) is 5.57. The molecule has 0 aromatic heterocycles. The van der Waals surface area contributed by atoms with Gasteiger partial charge in [-0.25, -0.2) is 4.79 Å². The average Bonchev–Trinajstić information content (AvgIpc) is 2.77. The maximum Gasteiger partial charge on any atom is 0.327 e. The van der Waals surface area contributed by atoms with Crippen LogP contribution < -0.4 is 33.2 Å². The van der Waals surface area contributed by atoms with Crippen LogP contribution in [0.25, 0.3) is 0 Å². The fraction of sp³-hybridized carbons (Fsp3) is 0.750. The van der Waals surface area contributed by atoms with Gasteiger partial charge in [0, 0.05) is 12.2 Å². The molecule has 0 heterocycles. The van der Waals surface area contributed by atoms with Gasteiger partial charge in [-0.15, -0.1) is 0 Å². The van der Waals surface area contributed by atoms with Crippen molar-refractivity contribution in [2.45, 2.75) is 76.5 Å². The maximum atomic E-state index is 13.0. The van der Waals surface area contributed by atoms with Crippen molar-refractivity contribution in [2.24, 2.45) is 23.1 Å². The zero-order valence-electron chi connectivity index (χ0n) is 19.2. The predicted molar refractivity (Wildman–Crippen MR) is 126 cm³/mol. The number of hydrogen-bond acceptors (Lipinski definition) is 8. The predicted octanol–water partition coefficient (Wildman–Crippen LogP) is -1.78. The number of carboxylic acids is 1. The molecule has 0 aliphatic heterocycles. The Hall–Kier alpha value is -2.38. The average molecular weight is 491 g/mol. The molecular formula is C20H38N6O6S. The second-order valence-corrected chi connectivity index (χ2v) is 8.28. The highest BCUT2D eigenvalue weighted by Gasteiger charge is 2.32. The number of amides is 4. The molecule has 10 N–H and O–H groups in total. The summed E-state index contributed by atoms with van der Waals surface area (Å²) in [6.45, 7) is 3.96. The number of hydrogen-bond donors (Lipinski definition) is 8. The Balaban J connectivity index is 5.44. The second kappa shape index (κ2) is 16.3. The van der Waals surface area contributed by atoms with Gasteiger partial charge in [0.15, 0.2) is 0 Å². The van der Waals surface area contributed by atoms with Crippen molar-refractivity contribution >= 4 is 42.2 Å². The van der Waals surface area contributed by atoms with Gasteiger partial charge < -0.3 is 38.3 Å². The Morgan fingerprint density at radius 2 is 1.55 bits per heavy atom. The van der Waals surface area contributed by atoms with Crippen LogP contribution in [0.15, 0.2) is 0 Å². The van der Waals surface area contributed by atoms with Gasteiger partial charge >= 0.3 is 5.97 Å². The van der Waals surface area contributed by atoms with Gasteiger partial charge in [-0.05, 0) is 38.1 Å². The third kappa shape index (κ3) is 11.9. The molecule has 5 atom stereocenters. The summed E-state index contributed by atoms with van der Waals surface area (Å²) in [4.78, 5) is 60.3. The molecule has 190 valence electrons. The lowest BCUT2D eigenvalue weighted by Crippen LogP contribution is -2.58. The molecule has 12 nitrogen and oxygen atoms in total. The van der Waals surface area contributed by atoms with Crippen molar-refractivity contribution in [1.29, 1.82) is 0 Å². The van der Waals surface area contributed by atoms with Gasteiger partial charge in [0.05, 0.1) is 6.04 Å². The first kappa shape index (κ1) is 30.6. The first-order valence-electron chi connectivity index (χ1n) is 11.0. The molecule has 0 fully saturated rings. The summed E-state index contributed by atoms with van der Waals surface area (Å²) in [5, 5.41) is 16.7. The molecule has 0 spiro atoms. The van der Waals surface area contributed by atoms with E-state index in [1.54, 1.807) is 6.92 Å². The summed E-state index contributed by atoms with van der Waals surface area (Å²) >= 11 is 3.93. The highest BCUT2D eigenvalue weighted by Crippen LogP contribution is 2.11. The van der Waals surface area contributed by atoms with Gasteiger partial charge in [-0.2, -0.15) is 12.6 Å². The summed E-state index contributed by atoms with van der Waals surface area (Å²) in [6, 6.07) is -4.28. The van der Waals surface area contributed by atoms with Crippen LogP contribution in [-0.2, 0) is 24.0 Å². The molecule has 0 aliphatic rings. The molecular weight excluding hydrogens is 452 g/mol. The number of aliphatic carboxylic acids is 1. The minimum absolute atomic E-state index is 0.0243. The minimum atomic E-state index is -1.25. The van der Waals surface area contributed by atoms with E-state index in [0.717, 1.165) is 0 Å². The molecule has 0 aliphatic carbocycles. The van der Waals surface area contributed by atoms with Crippen LogP contribution in [0.3, 0.4) is 0 Å². The van der Waals surface area contributed by atoms with E-state index in [1.807, 2.05) is 6.92 Å². The number of rotatable bonds is 17. The smallest absolute Gasteiger partial charge is 0.327 e. The highest BCUT2D eigenvalue weighted by atomic mass is 32.1. The van der Waals surface area contributed by atoms with E-state index in [-0.39, 0.29) is 30.9 Å². The quantitative estimate of drug-likeness (QED) is 0.0858. The van der Waals surface area contributed by atoms with Gasteiger partial charge in [0.25, 0.3) is 0 Å². The van der Waals surface area contributed by atoms with E-state index >= 15 is 0 Å². The minimum Gasteiger partial charge on any atom is -0.480 e. The van der Waals surface area contributed by atoms with E-state index in [2.05, 4.69) is 28.6 Å². The van der Waals surface area contributed by atoms with E-state index < -0.39 is 53.8 Å². The number of carbonyl (C=O) groups excluding carboxylic acids is 4. The van der Waals surface area contributed by atoms with Crippen LogP contribution in [0.4, 0.5) is 0 Å². The van der Waals surface area contributed by atoms with Crippen molar-refractivity contribution in [3.8, 4) is 0 Å². The van der Waals surface area contributed by atoms with Gasteiger partial charge in [0.1, 0.15) is 18.1 Å². The van der Waals surface area contributed by atoms with Crippen molar-refractivity contribution < 1.29 is 29.1 Å². The van der Waals surface area contributed by atoms with E-state index in [9.17, 15) is 29.1 Å². The molecule has 33 heavy (non-hydrogen) atoms. The lowest BCUT2D eigenvalue weighted by molar-refractivity contribution is -0.142. The van der Waals surface area contributed by atoms with E-state index in [1.165, 1.54) is 0 Å². The Kier molecular flexibility index (Phi) is 15.1. The molecule has 0 saturated heterocycles. The van der Waals surface area contributed by atoms with Gasteiger partial charge in [-0.1, -0.05) is 20.3 Å². The maximum absolute atomic E-state index is 13.0. The fourth-order valence-electron chi connectivity index (χ4n) is 2.87. The summed E-state index contributed by atoms with van der Waals surface area (Å²) < 4.78 is 0. The molecule has 0 bridgehead atoms. The zero-order valence-corrected chi connectivity index (χ0v) is 20.1. The number of carbonyl (C=O) groups is 5. The Bertz CT molecular complexity index is 679. The van der Waals surface area contributed by atoms with Gasteiger partial charge in [-0.3, -0.25) is 19.2 Å². The normalized spacial score (nSPS) is 15.4. The Labute approximate surface area is 199 Å². The van der Waals surface area contributed by atoms with Crippen LogP contribution in [0.1, 0.15) is 52.4 Å². The van der Waals surface area contributed by atoms with Gasteiger partial charge in [0.2, 0.25) is 23.6 Å². The van der Waals surface area contributed by atoms with Crippen LogP contribution in [0, 0.1) is 5.92 Å². The number of nitrogens with two attached hydrogens (primary N) is 3. The number of unbranched alkanes of at least 4 members (excludes halogenated alkanes) is 1. The SMILES string of the molecule is CCC(C)C(NC(=O)C(CCCCN)NC(=O)C(N)CCC(N)=O)C(=O)NC(CS)C(=O)O. The molecule has 0 aromatic carbocycles. The van der Waals surface area contributed by atoms with Crippen LogP contribution in [-0.4, -0.2) is 71.2 Å². The van der Waals surface area contributed by atoms with Crippen molar-refractivity contribution in [1.82, 2.24) is 16.0 Å². The Morgan fingerprint density at radius 3 is 2.03 bits per heavy atom. The molecule has 0 rings (SSSR count). The monoisotopic (exact) mass is 490 g/mol. The highest BCUT2D eigenvalue weighted by molar-refractivity contribution is 7.80. The molecule has 0 aromatic rings. The van der Waals surface area contributed by atoms with Crippen LogP contribution in [0.5, 0.6) is 0 Å². The van der Waals surface area contributed by atoms with Crippen molar-refractivity contribution in [3.63, 3.8) is 0 Å². The molecule has 5 unspecified atom stereocenters. The number of thiol groups is 1. The van der Waals surface area contributed by atoms with E-state index in [4.69, 9.17) is 17.2 Å². The molecule has 0 radical (unpaired) electrons. The number of nitrogens with one attached hydrogen (secondary N) is 3. The zero-order chi connectivity index (χ0) is 25.6. The summed E-state index contributed by atoms with van der Waals surface area (Å²) in [7, 11) is 0. The largest absolute Gasteiger partial charge is 0.480 e. The first-order valence-corrected chi connectivity index (χ1v) is 11.6. The Morgan fingerprint density at radius 1 is 0.939 bits per heavy atom. The van der Waals surface area contributed by atoms with Crippen molar-refractivity contribution in [3.05, 3.63) is 0 Å². The summed E-state index contributed by atoms with van der Waals surface area (Å²) in [5.74, 6) is -4.19. The number of carboxylic acid groups (broad SMARTS) is 1. The lowest BCUT2D eigenvalue weighted by Gasteiger charge is -2.28. The molecule has 0 saturated carbocycles. The van der Waals surface area contributed by atoms with Crippen LogP contribution in [0.2, 0.25) is 0 Å². The number of primary amides is 1. The molecule has 13 heteroatoms. The first-order chi connectivity index (χ1) is 15.5.